The number of rotatable bonds is 6. The fourth-order valence-corrected chi connectivity index (χ4v) is 4.13. The summed E-state index contributed by atoms with van der Waals surface area (Å²) >= 11 is 0. The normalized spacial score (nSPS) is 11.8. The Hall–Kier alpha value is -3.11. The largest absolute Gasteiger partial charge is 0.493 e. The van der Waals surface area contributed by atoms with Crippen LogP contribution in [0.4, 0.5) is 4.39 Å². The third-order valence-corrected chi connectivity index (χ3v) is 6.06. The van der Waals surface area contributed by atoms with Crippen LogP contribution in [0.1, 0.15) is 25.4 Å². The molecule has 8 nitrogen and oxygen atoms in total. The molecule has 10 heteroatoms. The van der Waals surface area contributed by atoms with E-state index in [0.29, 0.717) is 16.8 Å². The first-order valence-electron chi connectivity index (χ1n) is 9.02. The van der Waals surface area contributed by atoms with E-state index in [4.69, 9.17) is 4.74 Å². The maximum Gasteiger partial charge on any atom is 0.296 e. The number of benzene rings is 1. The zero-order chi connectivity index (χ0) is 22.1. The first-order chi connectivity index (χ1) is 14.1. The molecule has 0 bridgehead atoms. The van der Waals surface area contributed by atoms with Gasteiger partial charge in [-0.25, -0.2) is 13.4 Å². The average Bonchev–Trinajstić information content (AvgIpc) is 2.66. The highest BCUT2D eigenvalue weighted by Crippen LogP contribution is 2.28. The number of nitrogens with zero attached hydrogens (tertiary/aromatic N) is 2. The Morgan fingerprint density at radius 2 is 1.80 bits per heavy atom. The molecule has 0 atom stereocenters. The van der Waals surface area contributed by atoms with Crippen LogP contribution in [0.15, 0.2) is 51.0 Å². The predicted octanol–water partition coefficient (Wildman–Crippen LogP) is 2.74. The zero-order valence-corrected chi connectivity index (χ0v) is 17.3. The van der Waals surface area contributed by atoms with E-state index in [1.807, 2.05) is 0 Å². The van der Waals surface area contributed by atoms with Crippen LogP contribution in [-0.2, 0) is 21.2 Å². The standard InChI is InChI=1S/C20H20FN3O5S/c1-11(2)29-10-17-23-19(25)18(20(26)24-17)30(27,28)14-6-4-13(5-7-14)15-8-9-16(21)22-12(15)3/h4-9,11H,10H2,1-3H3,(H2,23,24,25,26). The quantitative estimate of drug-likeness (QED) is 0.573. The number of hydrogen-bond acceptors (Lipinski definition) is 7. The third-order valence-electron chi connectivity index (χ3n) is 4.26. The van der Waals surface area contributed by atoms with Crippen LogP contribution in [0, 0.1) is 12.9 Å². The summed E-state index contributed by atoms with van der Waals surface area (Å²) in [5, 5.41) is 10.2. The van der Waals surface area contributed by atoms with E-state index in [2.05, 4.69) is 15.0 Å². The van der Waals surface area contributed by atoms with Crippen molar-refractivity contribution >= 4 is 9.84 Å². The van der Waals surface area contributed by atoms with E-state index in [-0.39, 0.29) is 23.4 Å². The number of halogens is 1. The lowest BCUT2D eigenvalue weighted by molar-refractivity contribution is 0.0606. The smallest absolute Gasteiger partial charge is 0.296 e. The molecule has 0 amide bonds. The van der Waals surface area contributed by atoms with E-state index in [1.165, 1.54) is 30.3 Å². The van der Waals surface area contributed by atoms with Gasteiger partial charge in [-0.2, -0.15) is 9.37 Å². The molecule has 30 heavy (non-hydrogen) atoms. The Kier molecular flexibility index (Phi) is 5.99. The molecule has 2 N–H and O–H groups in total. The Labute approximate surface area is 172 Å². The molecule has 0 fully saturated rings. The number of sulfone groups is 1. The average molecular weight is 433 g/mol. The van der Waals surface area contributed by atoms with Gasteiger partial charge in [-0.05, 0) is 50.6 Å². The van der Waals surface area contributed by atoms with E-state index in [9.17, 15) is 22.7 Å². The van der Waals surface area contributed by atoms with E-state index >= 15 is 0 Å². The monoisotopic (exact) mass is 433 g/mol. The van der Waals surface area contributed by atoms with E-state index in [1.54, 1.807) is 26.8 Å². The second-order valence-corrected chi connectivity index (χ2v) is 8.71. The van der Waals surface area contributed by atoms with Crippen LogP contribution in [0.2, 0.25) is 0 Å². The number of hydrogen-bond donors (Lipinski definition) is 2. The molecule has 0 aliphatic rings. The van der Waals surface area contributed by atoms with Crippen LogP contribution < -0.4 is 5.56 Å². The molecule has 0 spiro atoms. The highest BCUT2D eigenvalue weighted by Gasteiger charge is 2.27. The molecule has 158 valence electrons. The SMILES string of the molecule is Cc1nc(F)ccc1-c1ccc(S(=O)(=O)c2c(O)[nH]c(COC(C)C)nc2=O)cc1. The zero-order valence-electron chi connectivity index (χ0n) is 16.5. The molecule has 0 saturated heterocycles. The molecule has 1 aromatic carbocycles. The molecule has 3 aromatic rings. The Morgan fingerprint density at radius 1 is 1.13 bits per heavy atom. The van der Waals surface area contributed by atoms with Crippen molar-refractivity contribution in [3.63, 3.8) is 0 Å². The maximum absolute atomic E-state index is 13.2. The van der Waals surface area contributed by atoms with Crippen LogP contribution in [-0.4, -0.2) is 34.6 Å². The van der Waals surface area contributed by atoms with Crippen molar-refractivity contribution in [3.8, 4) is 17.0 Å². The fourth-order valence-electron chi connectivity index (χ4n) is 2.82. The molecule has 2 heterocycles. The lowest BCUT2D eigenvalue weighted by atomic mass is 10.1. The number of pyridine rings is 1. The highest BCUT2D eigenvalue weighted by molar-refractivity contribution is 7.91. The van der Waals surface area contributed by atoms with Crippen LogP contribution >= 0.6 is 0 Å². The Bertz CT molecular complexity index is 1240. The lowest BCUT2D eigenvalue weighted by Gasteiger charge is -2.10. The molecule has 0 radical (unpaired) electrons. The number of ether oxygens (including phenoxy) is 1. The Balaban J connectivity index is 1.97. The molecule has 0 aliphatic heterocycles. The van der Waals surface area contributed by atoms with Gasteiger partial charge in [0, 0.05) is 11.3 Å². The molecule has 0 unspecified atom stereocenters. The molecular weight excluding hydrogens is 413 g/mol. The van der Waals surface area contributed by atoms with E-state index < -0.39 is 32.1 Å². The van der Waals surface area contributed by atoms with E-state index in [0.717, 1.165) is 0 Å². The summed E-state index contributed by atoms with van der Waals surface area (Å²) in [5.41, 5.74) is 0.618. The minimum atomic E-state index is -4.34. The van der Waals surface area contributed by atoms with Crippen LogP contribution in [0.5, 0.6) is 5.88 Å². The predicted molar refractivity (Wildman–Crippen MR) is 106 cm³/mol. The summed E-state index contributed by atoms with van der Waals surface area (Å²) in [4.78, 5) is 21.1. The molecule has 0 saturated carbocycles. The fraction of sp³-hybridized carbons (Fsp3) is 0.250. The van der Waals surface area contributed by atoms with Gasteiger partial charge in [0.2, 0.25) is 21.7 Å². The number of aromatic amines is 1. The lowest BCUT2D eigenvalue weighted by Crippen LogP contribution is -2.21. The van der Waals surface area contributed by atoms with Crippen molar-refractivity contribution in [1.29, 1.82) is 0 Å². The van der Waals surface area contributed by atoms with Gasteiger partial charge < -0.3 is 14.8 Å². The molecular formula is C20H20FN3O5S. The van der Waals surface area contributed by atoms with Crippen molar-refractivity contribution < 1.29 is 22.7 Å². The van der Waals surface area contributed by atoms with Gasteiger partial charge in [0.15, 0.2) is 4.90 Å². The minimum Gasteiger partial charge on any atom is -0.493 e. The van der Waals surface area contributed by atoms with Gasteiger partial charge in [-0.1, -0.05) is 12.1 Å². The summed E-state index contributed by atoms with van der Waals surface area (Å²) in [6.07, 6.45) is -0.140. The van der Waals surface area contributed by atoms with Crippen LogP contribution in [0.3, 0.4) is 0 Å². The summed E-state index contributed by atoms with van der Waals surface area (Å²) in [5.74, 6) is -1.40. The summed E-state index contributed by atoms with van der Waals surface area (Å²) < 4.78 is 44.3. The second kappa shape index (κ2) is 8.33. The number of aromatic nitrogens is 3. The molecule has 0 aliphatic carbocycles. The van der Waals surface area contributed by atoms with Gasteiger partial charge >= 0.3 is 0 Å². The molecule has 2 aromatic heterocycles. The number of H-pyrrole nitrogens is 1. The highest BCUT2D eigenvalue weighted by atomic mass is 32.2. The topological polar surface area (TPSA) is 122 Å². The van der Waals surface area contributed by atoms with Gasteiger partial charge in [-0.3, -0.25) is 4.79 Å². The Morgan fingerprint density at radius 3 is 2.37 bits per heavy atom. The number of nitrogens with one attached hydrogen (secondary N) is 1. The van der Waals surface area contributed by atoms with Crippen LogP contribution in [0.25, 0.3) is 11.1 Å². The number of aromatic hydroxyl groups is 1. The summed E-state index contributed by atoms with van der Waals surface area (Å²) in [6.45, 7) is 5.12. The summed E-state index contributed by atoms with van der Waals surface area (Å²) in [7, 11) is -4.34. The molecule has 3 rings (SSSR count). The second-order valence-electron chi connectivity index (χ2n) is 6.82. The summed E-state index contributed by atoms with van der Waals surface area (Å²) in [6, 6.07) is 8.36. The van der Waals surface area contributed by atoms with Crippen molar-refractivity contribution in [3.05, 3.63) is 64.2 Å². The van der Waals surface area contributed by atoms with Gasteiger partial charge in [-0.15, -0.1) is 0 Å². The van der Waals surface area contributed by atoms with Crippen molar-refractivity contribution in [2.45, 2.75) is 43.3 Å². The third kappa shape index (κ3) is 4.39. The van der Waals surface area contributed by atoms with Gasteiger partial charge in [0.25, 0.3) is 5.56 Å². The maximum atomic E-state index is 13.2. The van der Waals surface area contributed by atoms with Gasteiger partial charge in [0.1, 0.15) is 12.4 Å². The van der Waals surface area contributed by atoms with Crippen molar-refractivity contribution in [2.24, 2.45) is 0 Å². The van der Waals surface area contributed by atoms with Crippen molar-refractivity contribution in [1.82, 2.24) is 15.0 Å². The first-order valence-corrected chi connectivity index (χ1v) is 10.5. The number of aryl methyl sites for hydroxylation is 1. The van der Waals surface area contributed by atoms with Gasteiger partial charge in [0.05, 0.1) is 11.0 Å². The first kappa shape index (κ1) is 21.6. The minimum absolute atomic E-state index is 0.0137. The van der Waals surface area contributed by atoms with Crippen molar-refractivity contribution in [2.75, 3.05) is 0 Å².